The van der Waals surface area contributed by atoms with E-state index in [-0.39, 0.29) is 24.5 Å². The topological polar surface area (TPSA) is 166 Å². The summed E-state index contributed by atoms with van der Waals surface area (Å²) in [5.41, 5.74) is 14.9. The average Bonchev–Trinajstić information content (AvgIpc) is 2.57. The number of carbonyl (C=O) groups excluding carboxylic acids is 3. The first kappa shape index (κ1) is 36.8. The number of methoxy groups -OCH3 is 1. The minimum Gasteiger partial charge on any atom is -0.459 e. The number of hydrogen-bond acceptors (Lipinski definition) is 10. The molecule has 0 unspecified atom stereocenters. The highest BCUT2D eigenvalue weighted by atomic mass is 16.6. The second kappa shape index (κ2) is 16.0. The van der Waals surface area contributed by atoms with Gasteiger partial charge in [0, 0.05) is 7.11 Å². The zero-order chi connectivity index (χ0) is 28.1. The van der Waals surface area contributed by atoms with Gasteiger partial charge >= 0.3 is 17.9 Å². The fourth-order valence-corrected chi connectivity index (χ4v) is 1.66. The number of rotatable bonds is 6. The van der Waals surface area contributed by atoms with Gasteiger partial charge in [0.1, 0.15) is 34.9 Å². The quantitative estimate of drug-likeness (QED) is 0.369. The van der Waals surface area contributed by atoms with Gasteiger partial charge in [0.15, 0.2) is 0 Å². The summed E-state index contributed by atoms with van der Waals surface area (Å²) in [4.78, 5) is 33.2. The lowest BCUT2D eigenvalue weighted by Crippen LogP contribution is -2.40. The molecule has 0 rings (SSSR count). The Hall–Kier alpha value is -1.75. The fourth-order valence-electron chi connectivity index (χ4n) is 1.66. The Morgan fingerprint density at radius 2 is 0.971 bits per heavy atom. The normalized spacial score (nSPS) is 14.4. The summed E-state index contributed by atoms with van der Waals surface area (Å²) < 4.78 is 19.8. The van der Waals surface area contributed by atoms with E-state index in [1.807, 2.05) is 55.4 Å². The average molecular weight is 494 g/mol. The van der Waals surface area contributed by atoms with Crippen molar-refractivity contribution in [3.8, 4) is 0 Å². The van der Waals surface area contributed by atoms with Crippen LogP contribution in [0.3, 0.4) is 0 Å². The first-order valence-corrected chi connectivity index (χ1v) is 11.4. The third-order valence-electron chi connectivity index (χ3n) is 3.23. The first-order valence-electron chi connectivity index (χ1n) is 11.4. The molecule has 0 saturated carbocycles. The molecule has 0 aliphatic rings. The number of nitrogens with two attached hydrogens (primary N) is 3. The minimum atomic E-state index is -0.686. The predicted molar refractivity (Wildman–Crippen MR) is 134 cm³/mol. The van der Waals surface area contributed by atoms with Gasteiger partial charge in [0.05, 0.1) is 6.61 Å². The van der Waals surface area contributed by atoms with Crippen LogP contribution < -0.4 is 17.2 Å². The van der Waals surface area contributed by atoms with Crippen molar-refractivity contribution in [2.24, 2.45) is 23.1 Å². The molecule has 0 heterocycles. The summed E-state index contributed by atoms with van der Waals surface area (Å²) in [5, 5.41) is 0. The largest absolute Gasteiger partial charge is 0.459 e. The standard InChI is InChI=1S/C9H19NO2.C8H17NO3.C7H15NO2/c1-6(2)7(10)8(11)12-9(3,4)5;1-8(2,3)12-7(10)6(9)5-11-4;1-5(8)6(9)10-7(2,3)4/h6-7H,10H2,1-5H3;6H,5,9H2,1-4H3;5H,8H2,1-4H3/t7-;6-;5-/m101/s1. The van der Waals surface area contributed by atoms with Gasteiger partial charge in [0.25, 0.3) is 0 Å². The molecule has 6 N–H and O–H groups in total. The lowest BCUT2D eigenvalue weighted by atomic mass is 10.1. The van der Waals surface area contributed by atoms with Crippen molar-refractivity contribution >= 4 is 17.9 Å². The number of hydrogen-bond donors (Lipinski definition) is 3. The Morgan fingerprint density at radius 3 is 1.21 bits per heavy atom. The van der Waals surface area contributed by atoms with Crippen LogP contribution in [0.5, 0.6) is 0 Å². The Morgan fingerprint density at radius 1 is 0.647 bits per heavy atom. The van der Waals surface area contributed by atoms with Crippen LogP contribution in [0.4, 0.5) is 0 Å². The van der Waals surface area contributed by atoms with Crippen LogP contribution >= 0.6 is 0 Å². The van der Waals surface area contributed by atoms with E-state index in [0.717, 1.165) is 0 Å². The van der Waals surface area contributed by atoms with Gasteiger partial charge < -0.3 is 36.1 Å². The fraction of sp³-hybridized carbons (Fsp3) is 0.875. The van der Waals surface area contributed by atoms with E-state index in [0.29, 0.717) is 0 Å². The molecular formula is C24H51N3O7. The molecule has 34 heavy (non-hydrogen) atoms. The van der Waals surface area contributed by atoms with Gasteiger partial charge in [-0.25, -0.2) is 0 Å². The van der Waals surface area contributed by atoms with Crippen molar-refractivity contribution in [2.45, 2.75) is 118 Å². The Balaban J connectivity index is -0.000000426. The highest BCUT2D eigenvalue weighted by Crippen LogP contribution is 2.11. The van der Waals surface area contributed by atoms with E-state index in [4.69, 9.17) is 36.1 Å². The van der Waals surface area contributed by atoms with Crippen LogP contribution in [0, 0.1) is 5.92 Å². The Kier molecular flexibility index (Phi) is 17.3. The van der Waals surface area contributed by atoms with Gasteiger partial charge in [-0.3, -0.25) is 14.4 Å². The van der Waals surface area contributed by atoms with Crippen molar-refractivity contribution in [2.75, 3.05) is 13.7 Å². The maximum atomic E-state index is 11.3. The monoisotopic (exact) mass is 493 g/mol. The molecule has 10 nitrogen and oxygen atoms in total. The summed E-state index contributed by atoms with van der Waals surface area (Å²) in [6.07, 6.45) is 0. The second-order valence-corrected chi connectivity index (χ2v) is 11.2. The number of ether oxygens (including phenoxy) is 4. The summed E-state index contributed by atoms with van der Waals surface area (Å²) in [5.74, 6) is -0.978. The van der Waals surface area contributed by atoms with E-state index in [1.54, 1.807) is 27.7 Å². The van der Waals surface area contributed by atoms with Crippen molar-refractivity contribution in [3.05, 3.63) is 0 Å². The lowest BCUT2D eigenvalue weighted by Gasteiger charge is -2.23. The summed E-state index contributed by atoms with van der Waals surface area (Å²) in [7, 11) is 1.49. The maximum absolute atomic E-state index is 11.3. The van der Waals surface area contributed by atoms with Gasteiger partial charge in [-0.2, -0.15) is 0 Å². The van der Waals surface area contributed by atoms with E-state index >= 15 is 0 Å². The zero-order valence-corrected chi connectivity index (χ0v) is 23.6. The van der Waals surface area contributed by atoms with Crippen LogP contribution in [0.25, 0.3) is 0 Å². The summed E-state index contributed by atoms with van der Waals surface area (Å²) in [6, 6.07) is -1.72. The first-order chi connectivity index (χ1) is 14.9. The van der Waals surface area contributed by atoms with Crippen molar-refractivity contribution < 1.29 is 33.3 Å². The molecule has 0 aliphatic carbocycles. The van der Waals surface area contributed by atoms with Crippen LogP contribution in [0.15, 0.2) is 0 Å². The molecule has 10 heteroatoms. The van der Waals surface area contributed by atoms with Crippen molar-refractivity contribution in [1.29, 1.82) is 0 Å². The summed E-state index contributed by atoms with van der Waals surface area (Å²) in [6.45, 7) is 21.9. The summed E-state index contributed by atoms with van der Waals surface area (Å²) >= 11 is 0. The minimum absolute atomic E-state index is 0.125. The molecular weight excluding hydrogens is 442 g/mol. The predicted octanol–water partition coefficient (Wildman–Crippen LogP) is 2.29. The van der Waals surface area contributed by atoms with Crippen molar-refractivity contribution in [1.82, 2.24) is 0 Å². The molecule has 0 aromatic carbocycles. The van der Waals surface area contributed by atoms with Crippen LogP contribution in [-0.4, -0.2) is 66.6 Å². The van der Waals surface area contributed by atoms with Gasteiger partial charge in [-0.05, 0) is 75.2 Å². The molecule has 0 fully saturated rings. The molecule has 3 atom stereocenters. The molecule has 0 saturated heterocycles. The molecule has 0 amide bonds. The SMILES string of the molecule is CC(C)[C@@H](N)C(=O)OC(C)(C)C.COC[C@H](N)C(=O)OC(C)(C)C.C[C@@H](N)C(=O)OC(C)(C)C. The van der Waals surface area contributed by atoms with E-state index < -0.39 is 40.9 Å². The Labute approximate surface area is 206 Å². The smallest absolute Gasteiger partial charge is 0.325 e. The maximum Gasteiger partial charge on any atom is 0.325 e. The van der Waals surface area contributed by atoms with Crippen molar-refractivity contribution in [3.63, 3.8) is 0 Å². The third kappa shape index (κ3) is 24.9. The van der Waals surface area contributed by atoms with Crippen LogP contribution in [-0.2, 0) is 33.3 Å². The number of carbonyl (C=O) groups is 3. The van der Waals surface area contributed by atoms with Crippen LogP contribution in [0.1, 0.15) is 83.1 Å². The highest BCUT2D eigenvalue weighted by Gasteiger charge is 2.24. The lowest BCUT2D eigenvalue weighted by molar-refractivity contribution is -0.158. The molecule has 0 aliphatic heterocycles. The molecule has 0 radical (unpaired) electrons. The van der Waals surface area contributed by atoms with Gasteiger partial charge in [-0.15, -0.1) is 0 Å². The second-order valence-electron chi connectivity index (χ2n) is 11.2. The molecule has 0 spiro atoms. The van der Waals surface area contributed by atoms with Gasteiger partial charge in [0.2, 0.25) is 0 Å². The molecule has 0 aromatic rings. The van der Waals surface area contributed by atoms with E-state index in [9.17, 15) is 14.4 Å². The van der Waals surface area contributed by atoms with Crippen LogP contribution in [0.2, 0.25) is 0 Å². The third-order valence-corrected chi connectivity index (χ3v) is 3.23. The molecule has 0 aromatic heterocycles. The molecule has 204 valence electrons. The highest BCUT2D eigenvalue weighted by molar-refractivity contribution is 5.76. The Bertz CT molecular complexity index is 601. The van der Waals surface area contributed by atoms with E-state index in [1.165, 1.54) is 7.11 Å². The van der Waals surface area contributed by atoms with Gasteiger partial charge in [-0.1, -0.05) is 13.8 Å². The zero-order valence-electron chi connectivity index (χ0n) is 23.6. The molecule has 0 bridgehead atoms. The number of esters is 3. The van der Waals surface area contributed by atoms with E-state index in [2.05, 4.69) is 0 Å².